The fourth-order valence-corrected chi connectivity index (χ4v) is 3.10. The maximum absolute atomic E-state index is 14.1. The number of piperazine rings is 1. The van der Waals surface area contributed by atoms with Crippen LogP contribution in [0.2, 0.25) is 0 Å². The lowest BCUT2D eigenvalue weighted by atomic mass is 10.1. The van der Waals surface area contributed by atoms with Gasteiger partial charge in [-0.15, -0.1) is 0 Å². The minimum atomic E-state index is -0.565. The van der Waals surface area contributed by atoms with Gasteiger partial charge in [-0.2, -0.15) is 0 Å². The minimum absolute atomic E-state index is 0.00918. The summed E-state index contributed by atoms with van der Waals surface area (Å²) in [6, 6.07) is 11.5. The van der Waals surface area contributed by atoms with Crippen LogP contribution in [0.3, 0.4) is 0 Å². The fourth-order valence-electron chi connectivity index (χ4n) is 3.10. The quantitative estimate of drug-likeness (QED) is 0.849. The number of amides is 2. The van der Waals surface area contributed by atoms with Gasteiger partial charge >= 0.3 is 0 Å². The van der Waals surface area contributed by atoms with Crippen molar-refractivity contribution in [1.29, 1.82) is 0 Å². The van der Waals surface area contributed by atoms with Gasteiger partial charge in [0, 0.05) is 24.3 Å². The summed E-state index contributed by atoms with van der Waals surface area (Å²) in [6.07, 6.45) is 0. The molecule has 0 saturated carbocycles. The highest BCUT2D eigenvalue weighted by atomic mass is 19.1. The van der Waals surface area contributed by atoms with Crippen LogP contribution >= 0.6 is 0 Å². The van der Waals surface area contributed by atoms with E-state index >= 15 is 0 Å². The summed E-state index contributed by atoms with van der Waals surface area (Å²) in [4.78, 5) is 28.4. The van der Waals surface area contributed by atoms with Gasteiger partial charge in [-0.05, 0) is 43.7 Å². The summed E-state index contributed by atoms with van der Waals surface area (Å²) in [5.74, 6) is -0.584. The maximum atomic E-state index is 14.1. The van der Waals surface area contributed by atoms with Crippen molar-refractivity contribution in [2.24, 2.45) is 0 Å². The monoisotopic (exact) mass is 356 g/mol. The Balaban J connectivity index is 1.81. The van der Waals surface area contributed by atoms with E-state index in [2.05, 4.69) is 0 Å². The molecule has 6 heteroatoms. The summed E-state index contributed by atoms with van der Waals surface area (Å²) in [6.45, 7) is 3.86. The first-order valence-corrected chi connectivity index (χ1v) is 8.42. The minimum Gasteiger partial charge on any atom is -0.497 e. The highest BCUT2D eigenvalue weighted by Gasteiger charge is 2.34. The number of methoxy groups -OCH3 is 1. The molecule has 0 aromatic heterocycles. The molecule has 0 bridgehead atoms. The van der Waals surface area contributed by atoms with Gasteiger partial charge in [0.05, 0.1) is 12.7 Å². The Hall–Kier alpha value is -2.89. The van der Waals surface area contributed by atoms with Gasteiger partial charge in [0.1, 0.15) is 18.1 Å². The Kier molecular flexibility index (Phi) is 4.93. The standard InChI is InChI=1S/C20H21FN2O3/c1-13-7-8-17(18(21)9-13)20(25)22-12-19(24)23(11-14(22)2)15-5-4-6-16(10-15)26-3/h4-10,14H,11-12H2,1-3H3/t14-/m0/s1. The third-order valence-corrected chi connectivity index (χ3v) is 4.57. The number of aryl methyl sites for hydroxylation is 1. The fraction of sp³-hybridized carbons (Fsp3) is 0.300. The second-order valence-electron chi connectivity index (χ2n) is 6.47. The van der Waals surface area contributed by atoms with Gasteiger partial charge in [-0.25, -0.2) is 4.39 Å². The molecule has 1 saturated heterocycles. The van der Waals surface area contributed by atoms with Crippen LogP contribution in [0.1, 0.15) is 22.8 Å². The number of rotatable bonds is 3. The zero-order valence-corrected chi connectivity index (χ0v) is 15.0. The molecular weight excluding hydrogens is 335 g/mol. The number of anilines is 1. The van der Waals surface area contributed by atoms with Crippen molar-refractivity contribution < 1.29 is 18.7 Å². The van der Waals surface area contributed by atoms with Gasteiger partial charge in [0.25, 0.3) is 5.91 Å². The third kappa shape index (κ3) is 3.40. The van der Waals surface area contributed by atoms with Crippen LogP contribution in [0.5, 0.6) is 5.75 Å². The van der Waals surface area contributed by atoms with Crippen molar-refractivity contribution >= 4 is 17.5 Å². The average Bonchev–Trinajstić information content (AvgIpc) is 2.63. The first-order chi connectivity index (χ1) is 12.4. The van der Waals surface area contributed by atoms with Crippen molar-refractivity contribution in [1.82, 2.24) is 4.90 Å². The molecule has 0 spiro atoms. The summed E-state index contributed by atoms with van der Waals surface area (Å²) in [5, 5.41) is 0. The number of hydrogen-bond donors (Lipinski definition) is 0. The third-order valence-electron chi connectivity index (χ3n) is 4.57. The van der Waals surface area contributed by atoms with Crippen molar-refractivity contribution in [2.45, 2.75) is 19.9 Å². The first-order valence-electron chi connectivity index (χ1n) is 8.42. The van der Waals surface area contributed by atoms with Crippen LogP contribution in [-0.4, -0.2) is 43.0 Å². The first kappa shape index (κ1) is 17.9. The maximum Gasteiger partial charge on any atom is 0.257 e. The number of nitrogens with zero attached hydrogens (tertiary/aromatic N) is 2. The molecule has 26 heavy (non-hydrogen) atoms. The largest absolute Gasteiger partial charge is 0.497 e. The van der Waals surface area contributed by atoms with E-state index < -0.39 is 11.7 Å². The van der Waals surface area contributed by atoms with E-state index in [1.54, 1.807) is 37.1 Å². The molecule has 5 nitrogen and oxygen atoms in total. The van der Waals surface area contributed by atoms with E-state index in [1.807, 2.05) is 19.1 Å². The normalized spacial score (nSPS) is 17.4. The molecule has 3 rings (SSSR count). The van der Waals surface area contributed by atoms with Crippen molar-refractivity contribution in [2.75, 3.05) is 25.1 Å². The molecule has 1 fully saturated rings. The van der Waals surface area contributed by atoms with Crippen LogP contribution in [0.4, 0.5) is 10.1 Å². The number of ether oxygens (including phenoxy) is 1. The number of carbonyl (C=O) groups excluding carboxylic acids is 2. The van der Waals surface area contributed by atoms with Crippen LogP contribution < -0.4 is 9.64 Å². The van der Waals surface area contributed by atoms with Crippen molar-refractivity contribution in [3.05, 3.63) is 59.4 Å². The average molecular weight is 356 g/mol. The van der Waals surface area contributed by atoms with Crippen molar-refractivity contribution in [3.63, 3.8) is 0 Å². The van der Waals surface area contributed by atoms with E-state index in [1.165, 1.54) is 17.0 Å². The van der Waals surface area contributed by atoms with E-state index in [0.29, 0.717) is 12.3 Å². The Bertz CT molecular complexity index is 853. The molecule has 1 heterocycles. The van der Waals surface area contributed by atoms with Crippen LogP contribution in [0.15, 0.2) is 42.5 Å². The Morgan fingerprint density at radius 3 is 2.69 bits per heavy atom. The zero-order chi connectivity index (χ0) is 18.8. The van der Waals surface area contributed by atoms with Gasteiger partial charge < -0.3 is 14.5 Å². The second-order valence-corrected chi connectivity index (χ2v) is 6.47. The Labute approximate surface area is 152 Å². The zero-order valence-electron chi connectivity index (χ0n) is 15.0. The number of benzene rings is 2. The van der Waals surface area contributed by atoms with E-state index in [0.717, 1.165) is 11.3 Å². The smallest absolute Gasteiger partial charge is 0.257 e. The molecule has 2 aromatic rings. The summed E-state index contributed by atoms with van der Waals surface area (Å²) in [7, 11) is 1.57. The molecule has 0 aliphatic carbocycles. The van der Waals surface area contributed by atoms with Crippen LogP contribution in [0, 0.1) is 12.7 Å². The molecule has 0 radical (unpaired) electrons. The lowest BCUT2D eigenvalue weighted by molar-refractivity contribution is -0.121. The topological polar surface area (TPSA) is 49.9 Å². The molecule has 0 unspecified atom stereocenters. The Morgan fingerprint density at radius 2 is 2.00 bits per heavy atom. The molecule has 0 N–H and O–H groups in total. The lowest BCUT2D eigenvalue weighted by Crippen LogP contribution is -2.57. The molecule has 2 amide bonds. The molecular formula is C20H21FN2O3. The summed E-state index contributed by atoms with van der Waals surface area (Å²) >= 11 is 0. The molecule has 136 valence electrons. The van der Waals surface area contributed by atoms with Gasteiger partial charge in [0.2, 0.25) is 5.91 Å². The lowest BCUT2D eigenvalue weighted by Gasteiger charge is -2.39. The van der Waals surface area contributed by atoms with Gasteiger partial charge in [0.15, 0.2) is 0 Å². The predicted octanol–water partition coefficient (Wildman–Crippen LogP) is 3.02. The van der Waals surface area contributed by atoms with E-state index in [4.69, 9.17) is 4.74 Å². The van der Waals surface area contributed by atoms with E-state index in [9.17, 15) is 14.0 Å². The summed E-state index contributed by atoms with van der Waals surface area (Å²) < 4.78 is 19.4. The van der Waals surface area contributed by atoms with Crippen LogP contribution in [-0.2, 0) is 4.79 Å². The highest BCUT2D eigenvalue weighted by molar-refractivity contribution is 6.02. The van der Waals surface area contributed by atoms with Crippen molar-refractivity contribution in [3.8, 4) is 5.75 Å². The van der Waals surface area contributed by atoms with Gasteiger partial charge in [-0.3, -0.25) is 9.59 Å². The SMILES string of the molecule is COc1cccc(N2C[C@H](C)N(C(=O)c3ccc(C)cc3F)CC2=O)c1. The molecule has 1 aliphatic rings. The second kappa shape index (κ2) is 7.15. The number of halogens is 1. The molecule has 1 aliphatic heterocycles. The Morgan fingerprint density at radius 1 is 1.23 bits per heavy atom. The van der Waals surface area contributed by atoms with E-state index in [-0.39, 0.29) is 24.1 Å². The number of carbonyl (C=O) groups is 2. The van der Waals surface area contributed by atoms with Gasteiger partial charge in [-0.1, -0.05) is 12.1 Å². The number of hydrogen-bond acceptors (Lipinski definition) is 3. The molecule has 2 aromatic carbocycles. The highest BCUT2D eigenvalue weighted by Crippen LogP contribution is 2.25. The molecule has 1 atom stereocenters. The summed E-state index contributed by atoms with van der Waals surface area (Å²) in [5.41, 5.74) is 1.45. The van der Waals surface area contributed by atoms with Crippen LogP contribution in [0.25, 0.3) is 0 Å². The predicted molar refractivity (Wildman–Crippen MR) is 97.0 cm³/mol.